The fourth-order valence-electron chi connectivity index (χ4n) is 2.69. The highest BCUT2D eigenvalue weighted by Crippen LogP contribution is 2.19. The van der Waals surface area contributed by atoms with Gasteiger partial charge in [0.15, 0.2) is 6.04 Å². The van der Waals surface area contributed by atoms with Crippen molar-refractivity contribution in [3.05, 3.63) is 48.7 Å². The summed E-state index contributed by atoms with van der Waals surface area (Å²) < 4.78 is 5.13. The molecule has 1 aromatic carbocycles. The summed E-state index contributed by atoms with van der Waals surface area (Å²) in [5.41, 5.74) is 1.75. The maximum atomic E-state index is 12.6. The Balaban J connectivity index is 2.14. The summed E-state index contributed by atoms with van der Waals surface area (Å²) in [6.45, 7) is 4.75. The first-order valence-electron chi connectivity index (χ1n) is 8.46. The summed E-state index contributed by atoms with van der Waals surface area (Å²) in [6, 6.07) is 5.45. The number of aromatic amines is 1. The zero-order valence-corrected chi connectivity index (χ0v) is 15.0. The number of carbonyl (C=O) groups excluding carboxylic acids is 2. The Bertz CT molecular complexity index is 830. The molecule has 8 heteroatoms. The number of aromatic nitrogens is 1. The van der Waals surface area contributed by atoms with Crippen LogP contribution in [0.1, 0.15) is 12.5 Å². The van der Waals surface area contributed by atoms with Gasteiger partial charge in [-0.2, -0.15) is 0 Å². The van der Waals surface area contributed by atoms with Gasteiger partial charge in [0.05, 0.1) is 13.2 Å². The van der Waals surface area contributed by atoms with Gasteiger partial charge in [0.1, 0.15) is 6.04 Å². The van der Waals surface area contributed by atoms with E-state index >= 15 is 0 Å². The Morgan fingerprint density at radius 3 is 2.67 bits per heavy atom. The second-order valence-corrected chi connectivity index (χ2v) is 6.04. The lowest BCUT2D eigenvalue weighted by atomic mass is 10.0. The van der Waals surface area contributed by atoms with E-state index in [9.17, 15) is 19.5 Å². The lowest BCUT2D eigenvalue weighted by Crippen LogP contribution is -2.53. The summed E-state index contributed by atoms with van der Waals surface area (Å²) in [4.78, 5) is 38.6. The van der Waals surface area contributed by atoms with E-state index in [-0.39, 0.29) is 25.5 Å². The molecule has 0 saturated carbocycles. The molecule has 144 valence electrons. The van der Waals surface area contributed by atoms with Crippen LogP contribution < -0.4 is 10.6 Å². The lowest BCUT2D eigenvalue weighted by molar-refractivity contribution is -0.143. The van der Waals surface area contributed by atoms with Crippen LogP contribution in [-0.4, -0.2) is 53.2 Å². The highest BCUT2D eigenvalue weighted by molar-refractivity contribution is 5.91. The molecule has 0 aliphatic rings. The molecule has 0 radical (unpaired) electrons. The number of carboxylic acid groups (broad SMARTS) is 1. The molecule has 0 saturated heterocycles. The van der Waals surface area contributed by atoms with Crippen LogP contribution in [-0.2, 0) is 25.5 Å². The zero-order chi connectivity index (χ0) is 19.8. The van der Waals surface area contributed by atoms with Crippen LogP contribution in [0, 0.1) is 0 Å². The van der Waals surface area contributed by atoms with E-state index in [1.165, 1.54) is 13.0 Å². The smallest absolute Gasteiger partial charge is 0.328 e. The summed E-state index contributed by atoms with van der Waals surface area (Å²) >= 11 is 0. The minimum atomic E-state index is -1.23. The van der Waals surface area contributed by atoms with Crippen molar-refractivity contribution in [1.82, 2.24) is 15.6 Å². The Kier molecular flexibility index (Phi) is 7.13. The van der Waals surface area contributed by atoms with Crippen molar-refractivity contribution >= 4 is 28.7 Å². The molecular weight excluding hydrogens is 350 g/mol. The second-order valence-electron chi connectivity index (χ2n) is 6.04. The van der Waals surface area contributed by atoms with Gasteiger partial charge in [-0.1, -0.05) is 24.3 Å². The number of amides is 2. The molecule has 2 atom stereocenters. The number of nitrogens with one attached hydrogen (secondary N) is 3. The van der Waals surface area contributed by atoms with E-state index < -0.39 is 24.0 Å². The van der Waals surface area contributed by atoms with E-state index in [4.69, 9.17) is 4.74 Å². The number of ether oxygens (including phenoxy) is 1. The van der Waals surface area contributed by atoms with Gasteiger partial charge >= 0.3 is 5.97 Å². The average molecular weight is 373 g/mol. The van der Waals surface area contributed by atoms with Gasteiger partial charge in [-0.25, -0.2) is 4.79 Å². The largest absolute Gasteiger partial charge is 0.480 e. The van der Waals surface area contributed by atoms with Gasteiger partial charge in [-0.15, -0.1) is 6.58 Å². The molecule has 0 spiro atoms. The van der Waals surface area contributed by atoms with Crippen molar-refractivity contribution < 1.29 is 24.2 Å². The fraction of sp³-hybridized carbons (Fsp3) is 0.316. The third kappa shape index (κ3) is 5.68. The monoisotopic (exact) mass is 373 g/mol. The molecule has 1 heterocycles. The quantitative estimate of drug-likeness (QED) is 0.366. The molecule has 2 aromatic rings. The predicted octanol–water partition coefficient (Wildman–Crippen LogP) is 0.987. The first-order chi connectivity index (χ1) is 12.9. The third-order valence-electron chi connectivity index (χ3n) is 3.93. The predicted molar refractivity (Wildman–Crippen MR) is 100 cm³/mol. The molecule has 0 fully saturated rings. The molecule has 2 amide bonds. The van der Waals surface area contributed by atoms with Gasteiger partial charge in [0.25, 0.3) is 0 Å². The number of hydrogen-bond acceptors (Lipinski definition) is 4. The van der Waals surface area contributed by atoms with Crippen molar-refractivity contribution in [1.29, 1.82) is 0 Å². The Morgan fingerprint density at radius 2 is 2.00 bits per heavy atom. The normalized spacial score (nSPS) is 12.9. The number of rotatable bonds is 10. The summed E-state index contributed by atoms with van der Waals surface area (Å²) in [5, 5.41) is 15.2. The van der Waals surface area contributed by atoms with Crippen LogP contribution in [0.3, 0.4) is 0 Å². The van der Waals surface area contributed by atoms with Gasteiger partial charge in [-0.05, 0) is 11.6 Å². The standard InChI is InChI=1S/C19H23N3O5/c1-3-8-27-11-17(19(25)26)22-18(24)16(21-12(2)23)9-13-10-20-15-7-5-4-6-14(13)15/h3-7,10,16-17,20H,1,8-9,11H2,2H3,(H,21,23)(H,22,24)(H,25,26). The number of aliphatic carboxylic acids is 1. The highest BCUT2D eigenvalue weighted by Gasteiger charge is 2.27. The molecular formula is C19H23N3O5. The number of carbonyl (C=O) groups is 3. The van der Waals surface area contributed by atoms with E-state index in [2.05, 4.69) is 22.2 Å². The highest BCUT2D eigenvalue weighted by atomic mass is 16.5. The summed E-state index contributed by atoms with van der Waals surface area (Å²) in [7, 11) is 0. The van der Waals surface area contributed by atoms with Crippen LogP contribution in [0.25, 0.3) is 10.9 Å². The maximum absolute atomic E-state index is 12.6. The molecule has 0 aliphatic heterocycles. The van der Waals surface area contributed by atoms with Crippen molar-refractivity contribution in [2.24, 2.45) is 0 Å². The van der Waals surface area contributed by atoms with Crippen LogP contribution in [0.5, 0.6) is 0 Å². The van der Waals surface area contributed by atoms with Crippen LogP contribution in [0.15, 0.2) is 43.1 Å². The number of benzene rings is 1. The van der Waals surface area contributed by atoms with E-state index in [1.807, 2.05) is 24.3 Å². The van der Waals surface area contributed by atoms with Crippen molar-refractivity contribution in [3.8, 4) is 0 Å². The summed E-state index contributed by atoms with van der Waals surface area (Å²) in [5.74, 6) is -2.20. The van der Waals surface area contributed by atoms with Gasteiger partial charge in [-0.3, -0.25) is 9.59 Å². The van der Waals surface area contributed by atoms with Crippen LogP contribution >= 0.6 is 0 Å². The molecule has 1 aromatic heterocycles. The Morgan fingerprint density at radius 1 is 1.26 bits per heavy atom. The first kappa shape index (κ1) is 20.2. The molecule has 2 rings (SSSR count). The van der Waals surface area contributed by atoms with Crippen molar-refractivity contribution in [3.63, 3.8) is 0 Å². The molecule has 0 bridgehead atoms. The second kappa shape index (κ2) is 9.54. The number of carboxylic acids is 1. The van der Waals surface area contributed by atoms with Gasteiger partial charge in [0, 0.05) is 30.4 Å². The summed E-state index contributed by atoms with van der Waals surface area (Å²) in [6.07, 6.45) is 3.47. The lowest BCUT2D eigenvalue weighted by Gasteiger charge is -2.21. The molecule has 4 N–H and O–H groups in total. The minimum Gasteiger partial charge on any atom is -0.480 e. The van der Waals surface area contributed by atoms with Crippen LogP contribution in [0.4, 0.5) is 0 Å². The SMILES string of the molecule is C=CCOCC(NC(=O)C(Cc1c[nH]c2ccccc12)NC(C)=O)C(=O)O. The van der Waals surface area contributed by atoms with E-state index in [1.54, 1.807) is 6.20 Å². The number of para-hydroxylation sites is 1. The van der Waals surface area contributed by atoms with Crippen LogP contribution in [0.2, 0.25) is 0 Å². The van der Waals surface area contributed by atoms with Gasteiger partial charge < -0.3 is 25.5 Å². The van der Waals surface area contributed by atoms with Crippen molar-refractivity contribution in [2.75, 3.05) is 13.2 Å². The average Bonchev–Trinajstić information content (AvgIpc) is 3.03. The molecule has 2 unspecified atom stereocenters. The van der Waals surface area contributed by atoms with Crippen molar-refractivity contribution in [2.45, 2.75) is 25.4 Å². The number of H-pyrrole nitrogens is 1. The fourth-order valence-corrected chi connectivity index (χ4v) is 2.69. The molecule has 27 heavy (non-hydrogen) atoms. The molecule has 8 nitrogen and oxygen atoms in total. The zero-order valence-electron chi connectivity index (χ0n) is 15.0. The third-order valence-corrected chi connectivity index (χ3v) is 3.93. The first-order valence-corrected chi connectivity index (χ1v) is 8.46. The Labute approximate surface area is 156 Å². The maximum Gasteiger partial charge on any atom is 0.328 e. The minimum absolute atomic E-state index is 0.171. The molecule has 0 aliphatic carbocycles. The van der Waals surface area contributed by atoms with E-state index in [0.29, 0.717) is 0 Å². The topological polar surface area (TPSA) is 121 Å². The Hall–Kier alpha value is -3.13. The number of fused-ring (bicyclic) bond motifs is 1. The number of hydrogen-bond donors (Lipinski definition) is 4. The van der Waals surface area contributed by atoms with E-state index in [0.717, 1.165) is 16.5 Å². The van der Waals surface area contributed by atoms with Gasteiger partial charge in [0.2, 0.25) is 11.8 Å².